The molecule has 37 heavy (non-hydrogen) atoms. The van der Waals surface area contributed by atoms with Gasteiger partial charge in [0, 0.05) is 47.4 Å². The van der Waals surface area contributed by atoms with E-state index in [0.29, 0.717) is 29.7 Å². The number of fused-ring (bicyclic) bond motifs is 1. The maximum Gasteiger partial charge on any atom is 0.229 e. The minimum Gasteiger partial charge on any atom is -0.481 e. The van der Waals surface area contributed by atoms with E-state index >= 15 is 8.78 Å². The summed E-state index contributed by atoms with van der Waals surface area (Å²) in [5.41, 5.74) is 7.86. The first kappa shape index (κ1) is 25.9. The number of carbonyl (C=O) groups is 1. The zero-order valence-electron chi connectivity index (χ0n) is 20.6. The lowest BCUT2D eigenvalue weighted by atomic mass is 9.88. The van der Waals surface area contributed by atoms with Gasteiger partial charge in [-0.15, -0.1) is 0 Å². The smallest absolute Gasteiger partial charge is 0.229 e. The molecule has 192 valence electrons. The highest BCUT2D eigenvalue weighted by Crippen LogP contribution is 2.35. The third kappa shape index (κ3) is 5.49. The van der Waals surface area contributed by atoms with Crippen molar-refractivity contribution in [2.75, 3.05) is 38.3 Å². The molecule has 2 N–H and O–H groups in total. The van der Waals surface area contributed by atoms with Gasteiger partial charge in [-0.05, 0) is 37.9 Å². The Morgan fingerprint density at radius 3 is 2.62 bits per heavy atom. The molecule has 1 saturated heterocycles. The van der Waals surface area contributed by atoms with Crippen LogP contribution in [0.2, 0.25) is 0 Å². The monoisotopic (exact) mass is 507 g/mol. The first-order valence-electron chi connectivity index (χ1n) is 11.6. The molecule has 1 unspecified atom stereocenters. The molecule has 1 atom stereocenters. The highest BCUT2D eigenvalue weighted by atomic mass is 19.1. The van der Waals surface area contributed by atoms with Crippen molar-refractivity contribution in [1.29, 1.82) is 0 Å². The Kier molecular flexibility index (Phi) is 7.88. The first-order chi connectivity index (χ1) is 17.8. The molecule has 1 aliphatic rings. The summed E-state index contributed by atoms with van der Waals surface area (Å²) < 4.78 is 40.6. The average molecular weight is 508 g/mol. The molecular formula is C27H27F2N5O3. The topological polar surface area (TPSA) is 103 Å². The summed E-state index contributed by atoms with van der Waals surface area (Å²) in [6.45, 7) is 7.78. The van der Waals surface area contributed by atoms with Gasteiger partial charge in [0.1, 0.15) is 18.0 Å². The number of nitrogens with zero attached hydrogens (tertiary/aromatic N) is 4. The molecule has 0 spiro atoms. The van der Waals surface area contributed by atoms with E-state index in [-0.39, 0.29) is 22.7 Å². The fourth-order valence-electron chi connectivity index (χ4n) is 4.35. The summed E-state index contributed by atoms with van der Waals surface area (Å²) in [6.07, 6.45) is 4.34. The molecule has 1 aliphatic heterocycles. The number of allylic oxidation sites excluding steroid dienone is 2. The zero-order chi connectivity index (χ0) is 26.5. The number of nitrogens with two attached hydrogens (primary N) is 1. The lowest BCUT2D eigenvalue weighted by Gasteiger charge is -2.29. The predicted octanol–water partition coefficient (Wildman–Crippen LogP) is 4.12. The average Bonchev–Trinajstić information content (AvgIpc) is 2.90. The molecule has 10 heteroatoms. The fraction of sp³-hybridized carbons (Fsp3) is 0.259. The van der Waals surface area contributed by atoms with E-state index in [4.69, 9.17) is 15.2 Å². The Balaban J connectivity index is 1.80. The Labute approximate surface area is 213 Å². The Morgan fingerprint density at radius 1 is 1.19 bits per heavy atom. The molecule has 2 aromatic carbocycles. The van der Waals surface area contributed by atoms with Crippen LogP contribution in [0.25, 0.3) is 22.2 Å². The highest BCUT2D eigenvalue weighted by Gasteiger charge is 2.26. The zero-order valence-corrected chi connectivity index (χ0v) is 20.6. The number of rotatable bonds is 8. The molecule has 3 aromatic rings. The molecular weight excluding hydrogens is 480 g/mol. The SMILES string of the molecule is C=N/C(=C\C=C(/C)C(C(N)=O)c1cc(-c2ncnc3cc(N4CCOCC4)ccc23)c(F)cc1F)OC. The first-order valence-corrected chi connectivity index (χ1v) is 11.6. The number of morpholine rings is 1. The van der Waals surface area contributed by atoms with Crippen LogP contribution in [-0.2, 0) is 14.3 Å². The van der Waals surface area contributed by atoms with Gasteiger partial charge in [-0.25, -0.2) is 23.7 Å². The van der Waals surface area contributed by atoms with Crippen molar-refractivity contribution >= 4 is 29.2 Å². The van der Waals surface area contributed by atoms with Crippen molar-refractivity contribution in [2.45, 2.75) is 12.8 Å². The van der Waals surface area contributed by atoms with E-state index < -0.39 is 23.5 Å². The number of carbonyl (C=O) groups excluding carboxylic acids is 1. The molecule has 4 rings (SSSR count). The molecule has 0 aliphatic carbocycles. The second-order valence-electron chi connectivity index (χ2n) is 8.49. The van der Waals surface area contributed by atoms with Crippen molar-refractivity contribution in [3.63, 3.8) is 0 Å². The molecule has 0 saturated carbocycles. The lowest BCUT2D eigenvalue weighted by molar-refractivity contribution is -0.118. The van der Waals surface area contributed by atoms with Gasteiger partial charge in [-0.1, -0.05) is 11.6 Å². The fourth-order valence-corrected chi connectivity index (χ4v) is 4.35. The molecule has 1 amide bonds. The molecule has 0 radical (unpaired) electrons. The van der Waals surface area contributed by atoms with Gasteiger partial charge in [-0.2, -0.15) is 0 Å². The second-order valence-corrected chi connectivity index (χ2v) is 8.49. The number of methoxy groups -OCH3 is 1. The number of anilines is 1. The Hall–Kier alpha value is -4.18. The third-order valence-electron chi connectivity index (χ3n) is 6.24. The maximum absolute atomic E-state index is 15.1. The summed E-state index contributed by atoms with van der Waals surface area (Å²) in [7, 11) is 1.41. The number of hydrogen-bond donors (Lipinski definition) is 1. The van der Waals surface area contributed by atoms with Crippen molar-refractivity contribution in [2.24, 2.45) is 10.7 Å². The van der Waals surface area contributed by atoms with E-state index in [2.05, 4.69) is 26.6 Å². The van der Waals surface area contributed by atoms with Crippen LogP contribution in [0.3, 0.4) is 0 Å². The Bertz CT molecular complexity index is 1400. The number of amides is 1. The van der Waals surface area contributed by atoms with Gasteiger partial charge in [0.15, 0.2) is 0 Å². The van der Waals surface area contributed by atoms with E-state index in [1.165, 1.54) is 31.7 Å². The van der Waals surface area contributed by atoms with Crippen LogP contribution in [0.4, 0.5) is 14.5 Å². The highest BCUT2D eigenvalue weighted by molar-refractivity contribution is 5.94. The van der Waals surface area contributed by atoms with Crippen LogP contribution in [0.5, 0.6) is 0 Å². The van der Waals surface area contributed by atoms with E-state index in [0.717, 1.165) is 24.8 Å². The number of hydrogen-bond acceptors (Lipinski definition) is 7. The van der Waals surface area contributed by atoms with Crippen LogP contribution in [0, 0.1) is 11.6 Å². The maximum atomic E-state index is 15.1. The van der Waals surface area contributed by atoms with Crippen LogP contribution in [0.15, 0.2) is 65.3 Å². The molecule has 1 fully saturated rings. The van der Waals surface area contributed by atoms with Gasteiger partial charge in [0.25, 0.3) is 0 Å². The van der Waals surface area contributed by atoms with E-state index in [1.54, 1.807) is 6.92 Å². The van der Waals surface area contributed by atoms with Crippen molar-refractivity contribution in [3.8, 4) is 11.3 Å². The number of aromatic nitrogens is 2. The van der Waals surface area contributed by atoms with Gasteiger partial charge in [0.2, 0.25) is 11.8 Å². The predicted molar refractivity (Wildman–Crippen MR) is 138 cm³/mol. The van der Waals surface area contributed by atoms with Gasteiger partial charge >= 0.3 is 0 Å². The number of halogens is 2. The van der Waals surface area contributed by atoms with Crippen molar-refractivity contribution < 1.29 is 23.0 Å². The van der Waals surface area contributed by atoms with E-state index in [9.17, 15) is 4.79 Å². The standard InChI is InChI=1S/C27H27F2N5O3/c1-16(4-7-24(31-2)36-3)25(27(30)35)19-13-20(22(29)14-21(19)28)26-18-6-5-17(12-23(18)32-15-33-26)34-8-10-37-11-9-34/h4-7,12-15,25H,2,8-11H2,1,3H3,(H2,30,35)/b16-4+,24-7+. The normalized spacial score (nSPS) is 15.5. The minimum atomic E-state index is -1.17. The third-order valence-corrected chi connectivity index (χ3v) is 6.24. The molecule has 0 bridgehead atoms. The summed E-state index contributed by atoms with van der Waals surface area (Å²) >= 11 is 0. The van der Waals surface area contributed by atoms with E-state index in [1.807, 2.05) is 18.2 Å². The quantitative estimate of drug-likeness (QED) is 0.280. The summed E-state index contributed by atoms with van der Waals surface area (Å²) in [6, 6.07) is 7.65. The largest absolute Gasteiger partial charge is 0.481 e. The van der Waals surface area contributed by atoms with Crippen molar-refractivity contribution in [1.82, 2.24) is 9.97 Å². The van der Waals surface area contributed by atoms with Gasteiger partial charge < -0.3 is 20.1 Å². The summed E-state index contributed by atoms with van der Waals surface area (Å²) in [5.74, 6) is -3.48. The minimum absolute atomic E-state index is 0.0304. The molecule has 8 nitrogen and oxygen atoms in total. The second kappa shape index (κ2) is 11.3. The van der Waals surface area contributed by atoms with Crippen LogP contribution in [0.1, 0.15) is 18.4 Å². The molecule has 1 aromatic heterocycles. The van der Waals surface area contributed by atoms with Gasteiger partial charge in [-0.3, -0.25) is 4.79 Å². The summed E-state index contributed by atoms with van der Waals surface area (Å²) in [4.78, 5) is 26.9. The molecule has 2 heterocycles. The van der Waals surface area contributed by atoms with Crippen LogP contribution < -0.4 is 10.6 Å². The van der Waals surface area contributed by atoms with Crippen molar-refractivity contribution in [3.05, 3.63) is 77.5 Å². The summed E-state index contributed by atoms with van der Waals surface area (Å²) in [5, 5.41) is 0.587. The number of ether oxygens (including phenoxy) is 2. The number of aliphatic imine (C=N–C) groups is 1. The van der Waals surface area contributed by atoms with Crippen LogP contribution in [-0.4, -0.2) is 56.0 Å². The van der Waals surface area contributed by atoms with Gasteiger partial charge in [0.05, 0.1) is 37.5 Å². The number of benzene rings is 2. The van der Waals surface area contributed by atoms with Crippen LogP contribution >= 0.6 is 0 Å². The lowest BCUT2D eigenvalue weighted by Crippen LogP contribution is -2.36. The Morgan fingerprint density at radius 2 is 1.95 bits per heavy atom. The number of primary amides is 1.